The van der Waals surface area contributed by atoms with Crippen molar-refractivity contribution < 1.29 is 19.1 Å². The number of carbonyl (C=O) groups excluding carboxylic acids is 2. The molecule has 3 rings (SSSR count). The zero-order valence-corrected chi connectivity index (χ0v) is 12.0. The summed E-state index contributed by atoms with van der Waals surface area (Å²) in [4.78, 5) is 27.3. The Morgan fingerprint density at radius 1 is 1.05 bits per heavy atom. The van der Waals surface area contributed by atoms with Crippen molar-refractivity contribution in [1.29, 1.82) is 0 Å². The molecule has 1 aliphatic carbocycles. The maximum Gasteiger partial charge on any atom is 0.309 e. The van der Waals surface area contributed by atoms with E-state index in [9.17, 15) is 9.59 Å². The molecular weight excluding hydrogens is 270 g/mol. The van der Waals surface area contributed by atoms with E-state index in [1.807, 2.05) is 24.3 Å². The molecule has 0 saturated heterocycles. The first kappa shape index (κ1) is 13.7. The van der Waals surface area contributed by atoms with Crippen LogP contribution in [0.2, 0.25) is 0 Å². The van der Waals surface area contributed by atoms with Gasteiger partial charge in [-0.25, -0.2) is 0 Å². The summed E-state index contributed by atoms with van der Waals surface area (Å²) in [5, 5.41) is 1.10. The molecule has 0 fully saturated rings. The molecule has 0 bridgehead atoms. The number of methoxy groups -OCH3 is 2. The zero-order valence-electron chi connectivity index (χ0n) is 12.0. The van der Waals surface area contributed by atoms with Crippen molar-refractivity contribution in [2.45, 2.75) is 12.8 Å². The Balaban J connectivity index is 2.07. The summed E-state index contributed by atoms with van der Waals surface area (Å²) in [6.07, 6.45) is 0.961. The van der Waals surface area contributed by atoms with Crippen LogP contribution in [0.1, 0.15) is 11.3 Å². The van der Waals surface area contributed by atoms with Gasteiger partial charge in [-0.15, -0.1) is 0 Å². The molecule has 110 valence electrons. The topological polar surface area (TPSA) is 68.4 Å². The van der Waals surface area contributed by atoms with Gasteiger partial charge in [0, 0.05) is 23.0 Å². The van der Waals surface area contributed by atoms with Crippen molar-refractivity contribution in [1.82, 2.24) is 4.98 Å². The minimum absolute atomic E-state index is 0.360. The highest BCUT2D eigenvalue weighted by atomic mass is 16.5. The third kappa shape index (κ3) is 2.18. The van der Waals surface area contributed by atoms with Crippen molar-refractivity contribution in [3.8, 4) is 0 Å². The number of hydrogen-bond acceptors (Lipinski definition) is 4. The standard InChI is InChI=1S/C16H17NO4/c1-20-15(18)11-7-10-9-5-3-4-6-13(9)17-14(10)8-12(11)16(19)21-2/h3-6,11-12,17H,7-8H2,1-2H3/t11-,12-/m1/s1. The third-order valence-electron chi connectivity index (χ3n) is 4.24. The highest BCUT2D eigenvalue weighted by Crippen LogP contribution is 2.36. The van der Waals surface area contributed by atoms with Gasteiger partial charge in [0.25, 0.3) is 0 Å². The number of nitrogens with one attached hydrogen (secondary N) is 1. The van der Waals surface area contributed by atoms with Gasteiger partial charge >= 0.3 is 11.9 Å². The minimum atomic E-state index is -0.497. The van der Waals surface area contributed by atoms with Gasteiger partial charge in [-0.1, -0.05) is 18.2 Å². The fourth-order valence-electron chi connectivity index (χ4n) is 3.19. The van der Waals surface area contributed by atoms with Crippen LogP contribution >= 0.6 is 0 Å². The number of benzene rings is 1. The molecule has 1 N–H and O–H groups in total. The first-order valence-corrected chi connectivity index (χ1v) is 6.89. The maximum absolute atomic E-state index is 12.0. The monoisotopic (exact) mass is 287 g/mol. The van der Waals surface area contributed by atoms with Gasteiger partial charge in [0.2, 0.25) is 0 Å². The van der Waals surface area contributed by atoms with E-state index >= 15 is 0 Å². The van der Waals surface area contributed by atoms with Crippen molar-refractivity contribution in [2.24, 2.45) is 11.8 Å². The average Bonchev–Trinajstić information content (AvgIpc) is 2.89. The lowest BCUT2D eigenvalue weighted by Crippen LogP contribution is -2.37. The first-order valence-electron chi connectivity index (χ1n) is 6.89. The number of rotatable bonds is 2. The minimum Gasteiger partial charge on any atom is -0.469 e. The van der Waals surface area contributed by atoms with E-state index in [2.05, 4.69) is 4.98 Å². The Hall–Kier alpha value is -2.30. The van der Waals surface area contributed by atoms with Crippen LogP contribution in [-0.4, -0.2) is 31.1 Å². The van der Waals surface area contributed by atoms with Crippen molar-refractivity contribution in [3.05, 3.63) is 35.5 Å². The van der Waals surface area contributed by atoms with Crippen LogP contribution in [0.15, 0.2) is 24.3 Å². The second kappa shape index (κ2) is 5.24. The van der Waals surface area contributed by atoms with E-state index in [4.69, 9.17) is 9.47 Å². The SMILES string of the molecule is COC(=O)[C@@H]1Cc2[nH]c3ccccc3c2C[C@H]1C(=O)OC. The number of para-hydroxylation sites is 1. The molecule has 21 heavy (non-hydrogen) atoms. The van der Waals surface area contributed by atoms with E-state index in [1.165, 1.54) is 14.2 Å². The Kier molecular flexibility index (Phi) is 3.41. The highest BCUT2D eigenvalue weighted by Gasteiger charge is 2.40. The second-order valence-corrected chi connectivity index (χ2v) is 5.30. The maximum atomic E-state index is 12.0. The largest absolute Gasteiger partial charge is 0.469 e. The Morgan fingerprint density at radius 2 is 1.67 bits per heavy atom. The number of carbonyl (C=O) groups is 2. The number of aromatic amines is 1. The predicted octanol–water partition coefficient (Wildman–Crippen LogP) is 1.84. The molecule has 1 heterocycles. The molecule has 0 aliphatic heterocycles. The smallest absolute Gasteiger partial charge is 0.309 e. The van der Waals surface area contributed by atoms with Gasteiger partial charge in [-0.05, 0) is 18.1 Å². The summed E-state index contributed by atoms with van der Waals surface area (Å²) in [6.45, 7) is 0. The Morgan fingerprint density at radius 3 is 2.33 bits per heavy atom. The number of ether oxygens (including phenoxy) is 2. The molecule has 1 aromatic carbocycles. The van der Waals surface area contributed by atoms with Crippen molar-refractivity contribution in [3.63, 3.8) is 0 Å². The lowest BCUT2D eigenvalue weighted by atomic mass is 9.77. The van der Waals surface area contributed by atoms with Crippen LogP contribution in [0, 0.1) is 11.8 Å². The van der Waals surface area contributed by atoms with Crippen LogP contribution in [0.25, 0.3) is 10.9 Å². The molecule has 0 saturated carbocycles. The molecule has 0 unspecified atom stereocenters. The Bertz CT molecular complexity index is 703. The summed E-state index contributed by atoms with van der Waals surface area (Å²) in [6, 6.07) is 7.95. The average molecular weight is 287 g/mol. The van der Waals surface area contributed by atoms with Gasteiger partial charge in [-0.2, -0.15) is 0 Å². The van der Waals surface area contributed by atoms with Gasteiger partial charge < -0.3 is 14.5 Å². The first-order chi connectivity index (χ1) is 10.2. The molecule has 5 nitrogen and oxygen atoms in total. The number of H-pyrrole nitrogens is 1. The lowest BCUT2D eigenvalue weighted by molar-refractivity contribution is -0.158. The van der Waals surface area contributed by atoms with E-state index in [0.717, 1.165) is 22.2 Å². The molecule has 2 aromatic rings. The molecule has 2 atom stereocenters. The fourth-order valence-corrected chi connectivity index (χ4v) is 3.19. The molecular formula is C16H17NO4. The molecule has 0 spiro atoms. The van der Waals surface area contributed by atoms with E-state index < -0.39 is 11.8 Å². The Labute approximate surface area is 122 Å². The van der Waals surface area contributed by atoms with Gasteiger partial charge in [0.1, 0.15) is 0 Å². The molecule has 0 radical (unpaired) electrons. The molecule has 1 aromatic heterocycles. The summed E-state index contributed by atoms with van der Waals surface area (Å²) >= 11 is 0. The van der Waals surface area contributed by atoms with E-state index in [1.54, 1.807) is 0 Å². The number of esters is 2. The van der Waals surface area contributed by atoms with Gasteiger partial charge in [0.15, 0.2) is 0 Å². The van der Waals surface area contributed by atoms with E-state index in [-0.39, 0.29) is 11.9 Å². The molecule has 5 heteroatoms. The van der Waals surface area contributed by atoms with Crippen LogP contribution in [0.3, 0.4) is 0 Å². The summed E-state index contributed by atoms with van der Waals surface area (Å²) in [5.41, 5.74) is 3.13. The summed E-state index contributed by atoms with van der Waals surface area (Å²) in [5.74, 6) is -1.71. The summed E-state index contributed by atoms with van der Waals surface area (Å²) < 4.78 is 9.70. The van der Waals surface area contributed by atoms with Crippen LogP contribution < -0.4 is 0 Å². The van der Waals surface area contributed by atoms with Crippen molar-refractivity contribution >= 4 is 22.8 Å². The zero-order chi connectivity index (χ0) is 15.0. The quantitative estimate of drug-likeness (QED) is 0.856. The normalized spacial score (nSPS) is 20.9. The van der Waals surface area contributed by atoms with Crippen LogP contribution in [-0.2, 0) is 31.9 Å². The number of aromatic nitrogens is 1. The number of fused-ring (bicyclic) bond motifs is 3. The summed E-state index contributed by atoms with van der Waals surface area (Å²) in [7, 11) is 2.69. The van der Waals surface area contributed by atoms with Gasteiger partial charge in [0.05, 0.1) is 26.1 Å². The van der Waals surface area contributed by atoms with Crippen molar-refractivity contribution in [2.75, 3.05) is 14.2 Å². The predicted molar refractivity (Wildman–Crippen MR) is 76.7 cm³/mol. The van der Waals surface area contributed by atoms with Gasteiger partial charge in [-0.3, -0.25) is 9.59 Å². The third-order valence-corrected chi connectivity index (χ3v) is 4.24. The van der Waals surface area contributed by atoms with Crippen LogP contribution in [0.5, 0.6) is 0 Å². The molecule has 1 aliphatic rings. The second-order valence-electron chi connectivity index (χ2n) is 5.30. The van der Waals surface area contributed by atoms with E-state index in [0.29, 0.717) is 12.8 Å². The highest BCUT2D eigenvalue weighted by molar-refractivity contribution is 5.88. The number of hydrogen-bond donors (Lipinski definition) is 1. The molecule has 0 amide bonds. The van der Waals surface area contributed by atoms with Crippen LogP contribution in [0.4, 0.5) is 0 Å². The fraction of sp³-hybridized carbons (Fsp3) is 0.375. The lowest BCUT2D eigenvalue weighted by Gasteiger charge is -2.27.